The fraction of sp³-hybridized carbons (Fsp3) is 0.400. The van der Waals surface area contributed by atoms with Crippen LogP contribution < -0.4 is 4.89 Å². The summed E-state index contributed by atoms with van der Waals surface area (Å²) in [6.07, 6.45) is 0. The van der Waals surface area contributed by atoms with Crippen LogP contribution in [0.2, 0.25) is 0 Å². The van der Waals surface area contributed by atoms with E-state index >= 15 is 0 Å². The highest BCUT2D eigenvalue weighted by Crippen LogP contribution is 2.36. The Hall–Kier alpha value is -0.870. The Balaban J connectivity index is 2.69. The molecule has 0 saturated carbocycles. The largest absolute Gasteiger partial charge is 0.505 e. The van der Waals surface area contributed by atoms with Gasteiger partial charge in [0, 0.05) is 0 Å². The molecule has 0 aliphatic rings. The molecule has 0 aliphatic carbocycles. The summed E-state index contributed by atoms with van der Waals surface area (Å²) in [4.78, 5) is 21.3. The number of phosphoric acid groups is 1. The monoisotopic (exact) mass is 246 g/mol. The highest BCUT2D eigenvalue weighted by Gasteiger charge is 2.17. The van der Waals surface area contributed by atoms with E-state index in [2.05, 4.69) is 30.3 Å². The van der Waals surface area contributed by atoms with Gasteiger partial charge in [0.25, 0.3) is 0 Å². The molecule has 0 radical (unpaired) electrons. The zero-order chi connectivity index (χ0) is 12.4. The van der Waals surface area contributed by atoms with Crippen molar-refractivity contribution in [2.45, 2.75) is 26.2 Å². The van der Waals surface area contributed by atoms with Crippen molar-refractivity contribution >= 4 is 7.82 Å². The summed E-state index contributed by atoms with van der Waals surface area (Å²) < 4.78 is 14.3. The first-order valence-electron chi connectivity index (χ1n) is 4.71. The molecule has 0 fully saturated rings. The maximum absolute atomic E-state index is 10.4. The minimum Gasteiger partial charge on any atom is -0.327 e. The molecule has 5 nitrogen and oxygen atoms in total. The Bertz CT molecular complexity index is 387. The van der Waals surface area contributed by atoms with E-state index in [-0.39, 0.29) is 11.2 Å². The first-order valence-corrected chi connectivity index (χ1v) is 6.24. The molecule has 0 amide bonds. The molecule has 1 aromatic rings. The van der Waals surface area contributed by atoms with Crippen molar-refractivity contribution in [2.24, 2.45) is 0 Å². The highest BCUT2D eigenvalue weighted by molar-refractivity contribution is 7.46. The van der Waals surface area contributed by atoms with E-state index in [4.69, 9.17) is 9.79 Å². The van der Waals surface area contributed by atoms with Crippen LogP contribution >= 0.6 is 7.82 Å². The lowest BCUT2D eigenvalue weighted by Gasteiger charge is -2.18. The maximum Gasteiger partial charge on any atom is 0.505 e. The molecule has 0 aliphatic heterocycles. The van der Waals surface area contributed by atoms with Gasteiger partial charge in [0.15, 0.2) is 5.75 Å². The molecule has 0 bridgehead atoms. The molecule has 1 rings (SSSR count). The predicted molar refractivity (Wildman–Crippen MR) is 58.9 cm³/mol. The second-order valence-electron chi connectivity index (χ2n) is 4.42. The summed E-state index contributed by atoms with van der Waals surface area (Å²) in [5.74, 6) is 0.247. The minimum absolute atomic E-state index is 0.0165. The summed E-state index contributed by atoms with van der Waals surface area (Å²) >= 11 is 0. The molecule has 16 heavy (non-hydrogen) atoms. The molecule has 2 N–H and O–H groups in total. The lowest BCUT2D eigenvalue weighted by Crippen LogP contribution is -2.10. The van der Waals surface area contributed by atoms with Gasteiger partial charge >= 0.3 is 7.82 Å². The molecule has 0 saturated heterocycles. The third-order valence-electron chi connectivity index (χ3n) is 1.95. The first-order chi connectivity index (χ1) is 7.18. The molecular weight excluding hydrogens is 231 g/mol. The van der Waals surface area contributed by atoms with Gasteiger partial charge in [0.05, 0.1) is 0 Å². The van der Waals surface area contributed by atoms with Crippen molar-refractivity contribution in [2.75, 3.05) is 0 Å². The van der Waals surface area contributed by atoms with E-state index in [0.29, 0.717) is 0 Å². The number of hydrogen-bond donors (Lipinski definition) is 2. The summed E-state index contributed by atoms with van der Waals surface area (Å²) in [6.45, 7) is 6.19. The fourth-order valence-corrected chi connectivity index (χ4v) is 1.29. The molecule has 0 heterocycles. The zero-order valence-electron chi connectivity index (χ0n) is 9.38. The van der Waals surface area contributed by atoms with Gasteiger partial charge in [0.2, 0.25) is 0 Å². The second-order valence-corrected chi connectivity index (χ2v) is 5.55. The van der Waals surface area contributed by atoms with Crippen LogP contribution in [0.5, 0.6) is 5.75 Å². The van der Waals surface area contributed by atoms with Gasteiger partial charge in [-0.15, -0.1) is 0 Å². The topological polar surface area (TPSA) is 76.0 Å². The Kier molecular flexibility index (Phi) is 3.76. The quantitative estimate of drug-likeness (QED) is 0.486. The lowest BCUT2D eigenvalue weighted by atomic mass is 9.87. The lowest BCUT2D eigenvalue weighted by molar-refractivity contribution is -0.122. The van der Waals surface area contributed by atoms with E-state index in [1.165, 1.54) is 0 Å². The molecular formula is C10H15O5P. The van der Waals surface area contributed by atoms with Crippen molar-refractivity contribution in [1.29, 1.82) is 0 Å². The van der Waals surface area contributed by atoms with Crippen LogP contribution in [0.15, 0.2) is 24.3 Å². The third kappa shape index (κ3) is 4.33. The SMILES string of the molecule is CC(C)(C)c1ccc(OOP(=O)(O)O)cc1. The Morgan fingerprint density at radius 2 is 1.62 bits per heavy atom. The predicted octanol–water partition coefficient (Wildman–Crippen LogP) is 2.39. The van der Waals surface area contributed by atoms with Gasteiger partial charge in [-0.25, -0.2) is 4.57 Å². The first kappa shape index (κ1) is 13.2. The Morgan fingerprint density at radius 1 is 1.12 bits per heavy atom. The van der Waals surface area contributed by atoms with Gasteiger partial charge in [-0.05, 0) is 23.1 Å². The summed E-state index contributed by atoms with van der Waals surface area (Å²) in [5.41, 5.74) is 1.11. The number of benzene rings is 1. The maximum atomic E-state index is 10.4. The van der Waals surface area contributed by atoms with Crippen LogP contribution in [-0.4, -0.2) is 9.79 Å². The van der Waals surface area contributed by atoms with E-state index in [1.54, 1.807) is 12.1 Å². The van der Waals surface area contributed by atoms with Crippen molar-refractivity contribution in [3.8, 4) is 5.75 Å². The fourth-order valence-electron chi connectivity index (χ4n) is 1.10. The van der Waals surface area contributed by atoms with Crippen molar-refractivity contribution in [1.82, 2.24) is 0 Å². The normalized spacial score (nSPS) is 12.6. The number of hydrogen-bond acceptors (Lipinski definition) is 3. The molecule has 0 atom stereocenters. The average molecular weight is 246 g/mol. The number of rotatable bonds is 3. The Labute approximate surface area is 94.2 Å². The molecule has 0 unspecified atom stereocenters. The van der Waals surface area contributed by atoms with Crippen LogP contribution in [0.25, 0.3) is 0 Å². The van der Waals surface area contributed by atoms with Gasteiger partial charge in [-0.1, -0.05) is 37.6 Å². The average Bonchev–Trinajstić information content (AvgIpc) is 2.13. The smallest absolute Gasteiger partial charge is 0.327 e. The highest BCUT2D eigenvalue weighted by atomic mass is 31.2. The van der Waals surface area contributed by atoms with Crippen molar-refractivity contribution in [3.05, 3.63) is 29.8 Å². The second kappa shape index (κ2) is 4.55. The third-order valence-corrected chi connectivity index (χ3v) is 2.22. The van der Waals surface area contributed by atoms with Crippen LogP contribution in [-0.2, 0) is 14.7 Å². The molecule has 1 aromatic carbocycles. The van der Waals surface area contributed by atoms with Gasteiger partial charge < -0.3 is 14.7 Å². The Morgan fingerprint density at radius 3 is 2.00 bits per heavy atom. The van der Waals surface area contributed by atoms with Gasteiger partial charge in [0.1, 0.15) is 0 Å². The summed E-state index contributed by atoms with van der Waals surface area (Å²) in [7, 11) is -4.60. The van der Waals surface area contributed by atoms with E-state index in [0.717, 1.165) is 5.56 Å². The van der Waals surface area contributed by atoms with Gasteiger partial charge in [-0.3, -0.25) is 0 Å². The molecule has 6 heteroatoms. The minimum atomic E-state index is -4.60. The van der Waals surface area contributed by atoms with Crippen molar-refractivity contribution < 1.29 is 23.9 Å². The molecule has 0 aromatic heterocycles. The van der Waals surface area contributed by atoms with Crippen LogP contribution in [0.3, 0.4) is 0 Å². The standard InChI is InChI=1S/C10H15O5P/c1-10(2,3)8-4-6-9(7-5-8)14-15-16(11,12)13/h4-7H,1-3H3,(H2,11,12,13). The van der Waals surface area contributed by atoms with E-state index < -0.39 is 7.82 Å². The van der Waals surface area contributed by atoms with E-state index in [9.17, 15) is 4.57 Å². The van der Waals surface area contributed by atoms with Crippen molar-refractivity contribution in [3.63, 3.8) is 0 Å². The van der Waals surface area contributed by atoms with Crippen LogP contribution in [0.4, 0.5) is 0 Å². The van der Waals surface area contributed by atoms with Gasteiger partial charge in [-0.2, -0.15) is 0 Å². The molecule has 90 valence electrons. The van der Waals surface area contributed by atoms with E-state index in [1.807, 2.05) is 12.1 Å². The zero-order valence-corrected chi connectivity index (χ0v) is 10.3. The molecule has 0 spiro atoms. The van der Waals surface area contributed by atoms with Crippen LogP contribution in [0, 0.1) is 0 Å². The summed E-state index contributed by atoms with van der Waals surface area (Å²) in [6, 6.07) is 6.82. The summed E-state index contributed by atoms with van der Waals surface area (Å²) in [5, 5.41) is 0. The van der Waals surface area contributed by atoms with Crippen LogP contribution in [0.1, 0.15) is 26.3 Å².